The molecule has 1 unspecified atom stereocenters. The van der Waals surface area contributed by atoms with Crippen molar-refractivity contribution in [2.45, 2.75) is 39.4 Å². The van der Waals surface area contributed by atoms with Gasteiger partial charge in [-0.3, -0.25) is 0 Å². The molecule has 1 atom stereocenters. The van der Waals surface area contributed by atoms with Gasteiger partial charge in [-0.1, -0.05) is 5.92 Å². The van der Waals surface area contributed by atoms with Gasteiger partial charge in [-0.2, -0.15) is 0 Å². The third-order valence-electron chi connectivity index (χ3n) is 0.911. The van der Waals surface area contributed by atoms with E-state index in [4.69, 9.17) is 9.84 Å². The fourth-order valence-electron chi connectivity index (χ4n) is 0.553. The van der Waals surface area contributed by atoms with Crippen molar-refractivity contribution < 1.29 is 14.6 Å². The number of carbonyl (C=O) groups is 1. The van der Waals surface area contributed by atoms with Gasteiger partial charge in [0.05, 0.1) is 0 Å². The van der Waals surface area contributed by atoms with Crippen LogP contribution in [-0.2, 0) is 9.53 Å². The molecule has 0 aromatic carbocycles. The molecule has 0 bridgehead atoms. The molecule has 0 saturated carbocycles. The fourth-order valence-corrected chi connectivity index (χ4v) is 0.553. The van der Waals surface area contributed by atoms with E-state index >= 15 is 0 Å². The number of hydrogen-bond donors (Lipinski definition) is 1. The first-order valence-electron chi connectivity index (χ1n) is 3.70. The summed E-state index contributed by atoms with van der Waals surface area (Å²) < 4.78 is 4.86. The predicted octanol–water partition coefficient (Wildman–Crippen LogP) is 0.712. The highest BCUT2D eigenvalue weighted by Gasteiger charge is 2.21. The number of carbonyl (C=O) groups excluding carboxylic acids is 1. The first kappa shape index (κ1) is 11.0. The summed E-state index contributed by atoms with van der Waals surface area (Å²) in [7, 11) is 0. The lowest BCUT2D eigenvalue weighted by molar-refractivity contribution is -0.161. The van der Waals surface area contributed by atoms with Crippen LogP contribution in [0, 0.1) is 11.8 Å². The number of rotatable bonds is 1. The molecule has 0 aliphatic heterocycles. The first-order chi connectivity index (χ1) is 5.37. The maximum Gasteiger partial charge on any atom is 0.348 e. The summed E-state index contributed by atoms with van der Waals surface area (Å²) >= 11 is 0. The zero-order valence-corrected chi connectivity index (χ0v) is 7.84. The van der Waals surface area contributed by atoms with E-state index in [0.29, 0.717) is 0 Å². The van der Waals surface area contributed by atoms with E-state index in [-0.39, 0.29) is 0 Å². The maximum absolute atomic E-state index is 11.0. The van der Waals surface area contributed by atoms with Crippen molar-refractivity contribution in [2.75, 3.05) is 0 Å². The molecular weight excluding hydrogens is 156 g/mol. The van der Waals surface area contributed by atoms with Crippen molar-refractivity contribution in [3.05, 3.63) is 0 Å². The highest BCUT2D eigenvalue weighted by molar-refractivity contribution is 5.78. The van der Waals surface area contributed by atoms with Gasteiger partial charge in [0.2, 0.25) is 6.10 Å². The smallest absolute Gasteiger partial charge is 0.348 e. The molecule has 0 aromatic heterocycles. The molecule has 68 valence electrons. The molecule has 0 aliphatic carbocycles. The van der Waals surface area contributed by atoms with Crippen molar-refractivity contribution in [3.63, 3.8) is 0 Å². The first-order valence-corrected chi connectivity index (χ1v) is 3.70. The Morgan fingerprint density at radius 1 is 1.50 bits per heavy atom. The summed E-state index contributed by atoms with van der Waals surface area (Å²) in [6.07, 6.45) is -1.32. The van der Waals surface area contributed by atoms with Gasteiger partial charge in [-0.15, -0.1) is 5.92 Å². The zero-order chi connectivity index (χ0) is 9.78. The third-order valence-corrected chi connectivity index (χ3v) is 0.911. The van der Waals surface area contributed by atoms with Crippen LogP contribution in [-0.4, -0.2) is 22.8 Å². The van der Waals surface area contributed by atoms with Crippen LogP contribution < -0.4 is 0 Å². The normalized spacial score (nSPS) is 12.8. The summed E-state index contributed by atoms with van der Waals surface area (Å²) in [6, 6.07) is 0. The van der Waals surface area contributed by atoms with Gasteiger partial charge in [-0.25, -0.2) is 4.79 Å². The van der Waals surface area contributed by atoms with Gasteiger partial charge in [-0.05, 0) is 27.7 Å². The summed E-state index contributed by atoms with van der Waals surface area (Å²) in [5.41, 5.74) is -0.576. The minimum atomic E-state index is -1.32. The van der Waals surface area contributed by atoms with Gasteiger partial charge in [0.25, 0.3) is 0 Å². The Kier molecular flexibility index (Phi) is 3.78. The van der Waals surface area contributed by atoms with Gasteiger partial charge < -0.3 is 9.84 Å². The lowest BCUT2D eigenvalue weighted by Gasteiger charge is -2.19. The Labute approximate surface area is 72.7 Å². The highest BCUT2D eigenvalue weighted by atomic mass is 16.6. The van der Waals surface area contributed by atoms with E-state index in [1.54, 1.807) is 27.7 Å². The monoisotopic (exact) mass is 170 g/mol. The number of aliphatic hydroxyl groups is 1. The van der Waals surface area contributed by atoms with E-state index in [1.165, 1.54) is 0 Å². The average Bonchev–Trinajstić information content (AvgIpc) is 1.84. The maximum atomic E-state index is 11.0. The van der Waals surface area contributed by atoms with E-state index < -0.39 is 17.7 Å². The van der Waals surface area contributed by atoms with E-state index in [1.807, 2.05) is 0 Å². The van der Waals surface area contributed by atoms with Crippen LogP contribution in [0.15, 0.2) is 0 Å². The van der Waals surface area contributed by atoms with Crippen molar-refractivity contribution in [2.24, 2.45) is 0 Å². The summed E-state index contributed by atoms with van der Waals surface area (Å²) in [5.74, 6) is 4.03. The second kappa shape index (κ2) is 4.13. The van der Waals surface area contributed by atoms with Crippen molar-refractivity contribution >= 4 is 5.97 Å². The second-order valence-corrected chi connectivity index (χ2v) is 3.33. The average molecular weight is 170 g/mol. The Balaban J connectivity index is 4.11. The SMILES string of the molecule is CC#CC(O)C(=O)OC(C)(C)C. The number of ether oxygens (including phenoxy) is 1. The molecule has 0 rings (SSSR count). The minimum absolute atomic E-state index is 0.576. The van der Waals surface area contributed by atoms with Gasteiger partial charge in [0.15, 0.2) is 0 Å². The number of hydrogen-bond acceptors (Lipinski definition) is 3. The third kappa shape index (κ3) is 4.75. The molecule has 0 saturated heterocycles. The molecule has 0 spiro atoms. The summed E-state index contributed by atoms with van der Waals surface area (Å²) in [4.78, 5) is 11.0. The quantitative estimate of drug-likeness (QED) is 0.465. The van der Waals surface area contributed by atoms with E-state index in [2.05, 4.69) is 11.8 Å². The molecule has 3 nitrogen and oxygen atoms in total. The van der Waals surface area contributed by atoms with Crippen LogP contribution in [0.5, 0.6) is 0 Å². The van der Waals surface area contributed by atoms with Crippen LogP contribution in [0.1, 0.15) is 27.7 Å². The topological polar surface area (TPSA) is 46.5 Å². The van der Waals surface area contributed by atoms with Crippen molar-refractivity contribution in [1.82, 2.24) is 0 Å². The van der Waals surface area contributed by atoms with Gasteiger partial charge in [0.1, 0.15) is 5.60 Å². The van der Waals surface area contributed by atoms with E-state index in [9.17, 15) is 4.79 Å². The Hall–Kier alpha value is -1.01. The molecule has 0 heterocycles. The summed E-state index contributed by atoms with van der Waals surface area (Å²) in [6.45, 7) is 6.75. The molecule has 0 aliphatic rings. The van der Waals surface area contributed by atoms with Crippen LogP contribution in [0.25, 0.3) is 0 Å². The molecule has 12 heavy (non-hydrogen) atoms. The zero-order valence-electron chi connectivity index (χ0n) is 7.84. The van der Waals surface area contributed by atoms with Gasteiger partial charge in [0, 0.05) is 0 Å². The van der Waals surface area contributed by atoms with Crippen molar-refractivity contribution in [3.8, 4) is 11.8 Å². The van der Waals surface area contributed by atoms with Crippen LogP contribution in [0.2, 0.25) is 0 Å². The van der Waals surface area contributed by atoms with Gasteiger partial charge >= 0.3 is 5.97 Å². The Morgan fingerprint density at radius 3 is 2.33 bits per heavy atom. The fraction of sp³-hybridized carbons (Fsp3) is 0.667. The lowest BCUT2D eigenvalue weighted by Crippen LogP contribution is -2.30. The molecule has 0 aromatic rings. The molecule has 1 N–H and O–H groups in total. The largest absolute Gasteiger partial charge is 0.457 e. The van der Waals surface area contributed by atoms with E-state index in [0.717, 1.165) is 0 Å². The standard InChI is InChI=1S/C9H14O3/c1-5-6-7(10)8(11)12-9(2,3)4/h7,10H,1-4H3. The molecule has 0 radical (unpaired) electrons. The minimum Gasteiger partial charge on any atom is -0.457 e. The second-order valence-electron chi connectivity index (χ2n) is 3.33. The van der Waals surface area contributed by atoms with Crippen LogP contribution in [0.4, 0.5) is 0 Å². The molecule has 0 fully saturated rings. The van der Waals surface area contributed by atoms with Crippen LogP contribution >= 0.6 is 0 Å². The predicted molar refractivity (Wildman–Crippen MR) is 45.3 cm³/mol. The lowest BCUT2D eigenvalue weighted by atomic mass is 10.2. The number of esters is 1. The highest BCUT2D eigenvalue weighted by Crippen LogP contribution is 2.07. The van der Waals surface area contributed by atoms with Crippen LogP contribution in [0.3, 0.4) is 0 Å². The Morgan fingerprint density at radius 2 is 2.00 bits per heavy atom. The molecule has 3 heteroatoms. The van der Waals surface area contributed by atoms with Crippen molar-refractivity contribution in [1.29, 1.82) is 0 Å². The molecular formula is C9H14O3. The molecule has 0 amide bonds. The Bertz CT molecular complexity index is 214. The summed E-state index contributed by atoms with van der Waals surface area (Å²) in [5, 5.41) is 9.03. The number of aliphatic hydroxyl groups excluding tert-OH is 1.